The van der Waals surface area contributed by atoms with Gasteiger partial charge in [-0.15, -0.1) is 0 Å². The van der Waals surface area contributed by atoms with E-state index in [-0.39, 0.29) is 30.5 Å². The Bertz CT molecular complexity index is 1240. The minimum Gasteiger partial charge on any atom is -0.323 e. The van der Waals surface area contributed by atoms with E-state index in [1.165, 1.54) is 11.0 Å². The summed E-state index contributed by atoms with van der Waals surface area (Å²) in [6, 6.07) is 18.7. The normalized spacial score (nSPS) is 15.4. The molecule has 0 aliphatic carbocycles. The Morgan fingerprint density at radius 2 is 1.70 bits per heavy atom. The van der Waals surface area contributed by atoms with Crippen molar-refractivity contribution < 1.29 is 18.8 Å². The summed E-state index contributed by atoms with van der Waals surface area (Å²) in [6.07, 6.45) is 0.0129. The third-order valence-corrected chi connectivity index (χ3v) is 5.57. The van der Waals surface area contributed by atoms with Gasteiger partial charge in [0.05, 0.1) is 11.6 Å². The van der Waals surface area contributed by atoms with Crippen molar-refractivity contribution in [1.82, 2.24) is 0 Å². The fourth-order valence-electron chi connectivity index (χ4n) is 3.84. The zero-order chi connectivity index (χ0) is 23.5. The van der Waals surface area contributed by atoms with Crippen molar-refractivity contribution in [2.24, 2.45) is 5.92 Å². The number of carbonyl (C=O) groups is 3. The summed E-state index contributed by atoms with van der Waals surface area (Å²) in [4.78, 5) is 39.5. The second-order valence-electron chi connectivity index (χ2n) is 8.25. The molecule has 0 unspecified atom stereocenters. The highest BCUT2D eigenvalue weighted by Crippen LogP contribution is 2.27. The van der Waals surface area contributed by atoms with Crippen LogP contribution in [0, 0.1) is 25.6 Å². The number of halogens is 1. The second-order valence-corrected chi connectivity index (χ2v) is 8.25. The summed E-state index contributed by atoms with van der Waals surface area (Å²) in [6.45, 7) is 3.90. The number of rotatable bonds is 5. The fourth-order valence-corrected chi connectivity index (χ4v) is 3.84. The van der Waals surface area contributed by atoms with Gasteiger partial charge < -0.3 is 15.5 Å². The van der Waals surface area contributed by atoms with Crippen molar-refractivity contribution in [3.05, 3.63) is 89.2 Å². The molecule has 6 nitrogen and oxygen atoms in total. The van der Waals surface area contributed by atoms with Crippen molar-refractivity contribution in [1.29, 1.82) is 0 Å². The Balaban J connectivity index is 1.46. The molecule has 0 radical (unpaired) electrons. The fraction of sp³-hybridized carbons (Fsp3) is 0.192. The Labute approximate surface area is 191 Å². The molecule has 1 aliphatic heterocycles. The maximum absolute atomic E-state index is 14.0. The van der Waals surface area contributed by atoms with E-state index in [0.29, 0.717) is 16.9 Å². The molecule has 0 saturated carbocycles. The molecule has 1 aliphatic rings. The van der Waals surface area contributed by atoms with Gasteiger partial charge in [0.2, 0.25) is 11.8 Å². The summed E-state index contributed by atoms with van der Waals surface area (Å²) in [5.41, 5.74) is 3.56. The van der Waals surface area contributed by atoms with E-state index < -0.39 is 17.6 Å². The maximum atomic E-state index is 14.0. The second kappa shape index (κ2) is 9.24. The van der Waals surface area contributed by atoms with Gasteiger partial charge >= 0.3 is 0 Å². The van der Waals surface area contributed by atoms with E-state index in [4.69, 9.17) is 0 Å². The van der Waals surface area contributed by atoms with Crippen molar-refractivity contribution >= 4 is 34.8 Å². The Morgan fingerprint density at radius 1 is 0.939 bits per heavy atom. The lowest BCUT2D eigenvalue weighted by Gasteiger charge is -2.18. The smallest absolute Gasteiger partial charge is 0.255 e. The molecule has 4 rings (SSSR count). The highest BCUT2D eigenvalue weighted by Gasteiger charge is 2.35. The molecule has 3 aromatic carbocycles. The minimum atomic E-state index is -0.623. The zero-order valence-corrected chi connectivity index (χ0v) is 18.4. The van der Waals surface area contributed by atoms with Gasteiger partial charge in [-0.2, -0.15) is 0 Å². The third-order valence-electron chi connectivity index (χ3n) is 5.57. The van der Waals surface area contributed by atoms with Crippen molar-refractivity contribution in [3.8, 4) is 0 Å². The molecule has 1 saturated heterocycles. The number of aryl methyl sites for hydroxylation is 2. The van der Waals surface area contributed by atoms with Crippen LogP contribution < -0.4 is 15.5 Å². The number of benzene rings is 3. The first-order valence-electron chi connectivity index (χ1n) is 10.7. The first kappa shape index (κ1) is 22.2. The number of carbonyl (C=O) groups excluding carboxylic acids is 3. The van der Waals surface area contributed by atoms with Gasteiger partial charge in [-0.05, 0) is 67.4 Å². The average molecular weight is 445 g/mol. The van der Waals surface area contributed by atoms with Crippen LogP contribution in [0.1, 0.15) is 27.9 Å². The molecule has 1 heterocycles. The van der Waals surface area contributed by atoms with Crippen LogP contribution in [0.4, 0.5) is 21.5 Å². The van der Waals surface area contributed by atoms with Crippen molar-refractivity contribution in [2.75, 3.05) is 22.1 Å². The summed E-state index contributed by atoms with van der Waals surface area (Å²) < 4.78 is 14.0. The SMILES string of the molecule is Cc1cccc(NC(=O)c2cccc(N3C[C@H](C(=O)Nc4cc(C)ccc4F)CC3=O)c2)c1. The lowest BCUT2D eigenvalue weighted by molar-refractivity contribution is -0.122. The maximum Gasteiger partial charge on any atom is 0.255 e. The van der Waals surface area contributed by atoms with Gasteiger partial charge in [0.25, 0.3) is 5.91 Å². The van der Waals surface area contributed by atoms with Crippen LogP contribution in [0.3, 0.4) is 0 Å². The number of nitrogens with zero attached hydrogens (tertiary/aromatic N) is 1. The van der Waals surface area contributed by atoms with Crippen molar-refractivity contribution in [2.45, 2.75) is 20.3 Å². The van der Waals surface area contributed by atoms with Gasteiger partial charge in [0, 0.05) is 29.9 Å². The summed E-state index contributed by atoms with van der Waals surface area (Å²) in [7, 11) is 0. The van der Waals surface area contributed by atoms with E-state index in [9.17, 15) is 18.8 Å². The van der Waals surface area contributed by atoms with Crippen LogP contribution in [0.2, 0.25) is 0 Å². The topological polar surface area (TPSA) is 78.5 Å². The zero-order valence-electron chi connectivity index (χ0n) is 18.4. The number of hydrogen-bond acceptors (Lipinski definition) is 3. The Hall–Kier alpha value is -4.00. The molecular formula is C26H24FN3O3. The van der Waals surface area contributed by atoms with Gasteiger partial charge in [0.1, 0.15) is 5.82 Å². The van der Waals surface area contributed by atoms with Gasteiger partial charge in [-0.3, -0.25) is 14.4 Å². The lowest BCUT2D eigenvalue weighted by atomic mass is 10.1. The molecule has 0 spiro atoms. The number of amides is 3. The van der Waals surface area contributed by atoms with Crippen LogP contribution in [-0.2, 0) is 9.59 Å². The van der Waals surface area contributed by atoms with Crippen LogP contribution in [0.25, 0.3) is 0 Å². The predicted octanol–water partition coefficient (Wildman–Crippen LogP) is 4.69. The van der Waals surface area contributed by atoms with Gasteiger partial charge in [-0.25, -0.2) is 4.39 Å². The molecule has 7 heteroatoms. The van der Waals surface area contributed by atoms with Crippen LogP contribution in [-0.4, -0.2) is 24.3 Å². The molecule has 0 aromatic heterocycles. The lowest BCUT2D eigenvalue weighted by Crippen LogP contribution is -2.28. The van der Waals surface area contributed by atoms with Gasteiger partial charge in [0.15, 0.2) is 0 Å². The van der Waals surface area contributed by atoms with E-state index in [1.54, 1.807) is 49.4 Å². The Morgan fingerprint density at radius 3 is 2.48 bits per heavy atom. The number of hydrogen-bond donors (Lipinski definition) is 2. The first-order chi connectivity index (χ1) is 15.8. The molecule has 168 valence electrons. The van der Waals surface area contributed by atoms with E-state index in [1.807, 2.05) is 25.1 Å². The van der Waals surface area contributed by atoms with Crippen LogP contribution in [0.5, 0.6) is 0 Å². The molecule has 3 amide bonds. The quantitative estimate of drug-likeness (QED) is 0.598. The largest absolute Gasteiger partial charge is 0.323 e. The van der Waals surface area contributed by atoms with Crippen molar-refractivity contribution in [3.63, 3.8) is 0 Å². The summed E-state index contributed by atoms with van der Waals surface area (Å²) in [5, 5.41) is 5.44. The van der Waals surface area contributed by atoms with E-state index >= 15 is 0 Å². The number of nitrogens with one attached hydrogen (secondary N) is 2. The molecular weight excluding hydrogens is 421 g/mol. The molecule has 1 atom stereocenters. The molecule has 3 aromatic rings. The predicted molar refractivity (Wildman–Crippen MR) is 126 cm³/mol. The highest BCUT2D eigenvalue weighted by atomic mass is 19.1. The molecule has 0 bridgehead atoms. The van der Waals surface area contributed by atoms with Crippen LogP contribution >= 0.6 is 0 Å². The summed E-state index contributed by atoms with van der Waals surface area (Å²) >= 11 is 0. The summed E-state index contributed by atoms with van der Waals surface area (Å²) in [5.74, 6) is -2.08. The average Bonchev–Trinajstić information content (AvgIpc) is 3.18. The third kappa shape index (κ3) is 5.09. The van der Waals surface area contributed by atoms with E-state index in [0.717, 1.165) is 11.1 Å². The number of anilines is 3. The van der Waals surface area contributed by atoms with Gasteiger partial charge in [-0.1, -0.05) is 24.3 Å². The standard InChI is InChI=1S/C26H24FN3O3/c1-16-5-3-7-20(11-16)28-25(32)18-6-4-8-21(13-18)30-15-19(14-24(30)31)26(33)29-23-12-17(2)9-10-22(23)27/h3-13,19H,14-15H2,1-2H3,(H,28,32)(H,29,33)/t19-/m1/s1. The van der Waals surface area contributed by atoms with E-state index in [2.05, 4.69) is 10.6 Å². The Kier molecular flexibility index (Phi) is 6.22. The first-order valence-corrected chi connectivity index (χ1v) is 10.7. The minimum absolute atomic E-state index is 0.0129. The molecule has 33 heavy (non-hydrogen) atoms. The highest BCUT2D eigenvalue weighted by molar-refractivity contribution is 6.07. The monoisotopic (exact) mass is 445 g/mol. The molecule has 1 fully saturated rings. The molecule has 2 N–H and O–H groups in total. The van der Waals surface area contributed by atoms with Crippen LogP contribution in [0.15, 0.2) is 66.7 Å².